The van der Waals surface area contributed by atoms with Crippen molar-refractivity contribution in [1.82, 2.24) is 4.98 Å². The van der Waals surface area contributed by atoms with Crippen molar-refractivity contribution in [3.8, 4) is 11.5 Å². The van der Waals surface area contributed by atoms with E-state index in [0.29, 0.717) is 16.2 Å². The number of aromatic nitrogens is 1. The quantitative estimate of drug-likeness (QED) is 0.453. The van der Waals surface area contributed by atoms with Crippen molar-refractivity contribution in [2.24, 2.45) is 0 Å². The van der Waals surface area contributed by atoms with Gasteiger partial charge in [0.2, 0.25) is 6.10 Å². The van der Waals surface area contributed by atoms with Gasteiger partial charge in [0.05, 0.1) is 11.2 Å². The van der Waals surface area contributed by atoms with Crippen molar-refractivity contribution >= 4 is 32.6 Å². The molecule has 0 radical (unpaired) electrons. The number of hydrogen-bond acceptors (Lipinski definition) is 5. The lowest BCUT2D eigenvalue weighted by Crippen LogP contribution is -2.46. The fraction of sp³-hybridized carbons (Fsp3) is 0.130. The molecule has 2 heterocycles. The third-order valence-electron chi connectivity index (χ3n) is 4.87. The van der Waals surface area contributed by atoms with Gasteiger partial charge in [-0.05, 0) is 23.8 Å². The van der Waals surface area contributed by atoms with E-state index in [0.717, 1.165) is 23.0 Å². The Hall–Kier alpha value is -3.52. The average Bonchev–Trinajstić information content (AvgIpc) is 3.21. The maximum absolute atomic E-state index is 14.2. The summed E-state index contributed by atoms with van der Waals surface area (Å²) in [5.74, 6) is -0.793. The Labute approximate surface area is 180 Å². The van der Waals surface area contributed by atoms with E-state index in [2.05, 4.69) is 4.98 Å². The van der Waals surface area contributed by atoms with E-state index in [1.54, 1.807) is 18.2 Å². The molecule has 0 fully saturated rings. The Morgan fingerprint density at radius 1 is 1.06 bits per heavy atom. The van der Waals surface area contributed by atoms with Crippen LogP contribution in [-0.4, -0.2) is 23.6 Å². The Morgan fingerprint density at radius 3 is 2.61 bits per heavy atom. The largest absolute Gasteiger partial charge is 0.485 e. The second kappa shape index (κ2) is 7.96. The number of carbonyl (C=O) groups is 1. The van der Waals surface area contributed by atoms with Gasteiger partial charge in [-0.1, -0.05) is 53.8 Å². The standard InChI is InChI=1S/C23H16F2N2O3S/c24-15-10-16(25)21-20(11-15)31-23(26-21)27(12-14-6-2-1-3-7-14)22(28)19-13-29-17-8-4-5-9-18(17)30-19/h1-11,19H,12-13H2. The minimum Gasteiger partial charge on any atom is -0.485 e. The summed E-state index contributed by atoms with van der Waals surface area (Å²) in [7, 11) is 0. The lowest BCUT2D eigenvalue weighted by atomic mass is 10.2. The molecule has 0 bridgehead atoms. The van der Waals surface area contributed by atoms with Crippen LogP contribution in [0.2, 0.25) is 0 Å². The molecule has 1 amide bonds. The van der Waals surface area contributed by atoms with Gasteiger partial charge in [0, 0.05) is 6.07 Å². The number of nitrogens with zero attached hydrogens (tertiary/aromatic N) is 2. The first-order chi connectivity index (χ1) is 15.1. The average molecular weight is 438 g/mol. The summed E-state index contributed by atoms with van der Waals surface area (Å²) in [4.78, 5) is 19.2. The molecular weight excluding hydrogens is 422 g/mol. The van der Waals surface area contributed by atoms with Gasteiger partial charge in [0.25, 0.3) is 5.91 Å². The monoisotopic (exact) mass is 438 g/mol. The molecule has 0 saturated heterocycles. The number of hydrogen-bond donors (Lipinski definition) is 0. The molecular formula is C23H16F2N2O3S. The van der Waals surface area contributed by atoms with Crippen LogP contribution >= 0.6 is 11.3 Å². The lowest BCUT2D eigenvalue weighted by molar-refractivity contribution is -0.127. The molecule has 1 unspecified atom stereocenters. The summed E-state index contributed by atoms with van der Waals surface area (Å²) >= 11 is 1.05. The number of fused-ring (bicyclic) bond motifs is 2. The van der Waals surface area contributed by atoms with Crippen molar-refractivity contribution in [3.05, 3.63) is 83.9 Å². The van der Waals surface area contributed by atoms with Gasteiger partial charge in [0.15, 0.2) is 22.4 Å². The molecule has 5 nitrogen and oxygen atoms in total. The molecule has 156 valence electrons. The first-order valence-corrected chi connectivity index (χ1v) is 10.4. The number of anilines is 1. The fourth-order valence-electron chi connectivity index (χ4n) is 3.38. The Balaban J connectivity index is 1.52. The summed E-state index contributed by atoms with van der Waals surface area (Å²) < 4.78 is 39.8. The van der Waals surface area contributed by atoms with E-state index in [1.165, 1.54) is 11.0 Å². The highest BCUT2D eigenvalue weighted by Gasteiger charge is 2.33. The van der Waals surface area contributed by atoms with E-state index in [-0.39, 0.29) is 29.7 Å². The maximum Gasteiger partial charge on any atom is 0.273 e. The summed E-state index contributed by atoms with van der Waals surface area (Å²) in [6.45, 7) is 0.236. The van der Waals surface area contributed by atoms with Crippen LogP contribution < -0.4 is 14.4 Å². The van der Waals surface area contributed by atoms with E-state index in [1.807, 2.05) is 36.4 Å². The number of amides is 1. The van der Waals surface area contributed by atoms with Crippen LogP contribution in [0.4, 0.5) is 13.9 Å². The van der Waals surface area contributed by atoms with Crippen LogP contribution in [0.1, 0.15) is 5.56 Å². The first-order valence-electron chi connectivity index (χ1n) is 9.58. The van der Waals surface area contributed by atoms with Crippen LogP contribution in [0.5, 0.6) is 11.5 Å². The van der Waals surface area contributed by atoms with Gasteiger partial charge >= 0.3 is 0 Å². The molecule has 1 aromatic heterocycles. The topological polar surface area (TPSA) is 51.7 Å². The van der Waals surface area contributed by atoms with Gasteiger partial charge < -0.3 is 9.47 Å². The molecule has 5 rings (SSSR count). The van der Waals surface area contributed by atoms with E-state index in [9.17, 15) is 13.6 Å². The SMILES string of the molecule is O=C(C1COc2ccccc2O1)N(Cc1ccccc1)c1nc2c(F)cc(F)cc2s1. The molecule has 0 aliphatic carbocycles. The number of benzene rings is 3. The Morgan fingerprint density at radius 2 is 1.81 bits per heavy atom. The van der Waals surface area contributed by atoms with E-state index >= 15 is 0 Å². The maximum atomic E-state index is 14.2. The van der Waals surface area contributed by atoms with Crippen LogP contribution in [0.3, 0.4) is 0 Å². The van der Waals surface area contributed by atoms with Crippen LogP contribution in [0.25, 0.3) is 10.2 Å². The lowest BCUT2D eigenvalue weighted by Gasteiger charge is -2.29. The molecule has 0 N–H and O–H groups in total. The Kier molecular flexibility index (Phi) is 4.99. The normalized spacial score (nSPS) is 15.1. The zero-order valence-electron chi connectivity index (χ0n) is 16.1. The number of para-hydroxylation sites is 2. The zero-order chi connectivity index (χ0) is 21.4. The number of carbonyl (C=O) groups excluding carboxylic acids is 1. The predicted molar refractivity (Wildman–Crippen MR) is 114 cm³/mol. The summed E-state index contributed by atoms with van der Waals surface area (Å²) in [6.07, 6.45) is -0.896. The van der Waals surface area contributed by atoms with Crippen molar-refractivity contribution < 1.29 is 23.0 Å². The van der Waals surface area contributed by atoms with Crippen LogP contribution in [-0.2, 0) is 11.3 Å². The van der Waals surface area contributed by atoms with E-state index < -0.39 is 17.7 Å². The first kappa shape index (κ1) is 19.4. The Bertz CT molecular complexity index is 1260. The molecule has 0 saturated carbocycles. The number of ether oxygens (including phenoxy) is 2. The smallest absolute Gasteiger partial charge is 0.273 e. The van der Waals surface area contributed by atoms with Crippen molar-refractivity contribution in [1.29, 1.82) is 0 Å². The van der Waals surface area contributed by atoms with Crippen molar-refractivity contribution in [3.63, 3.8) is 0 Å². The third kappa shape index (κ3) is 3.82. The van der Waals surface area contributed by atoms with Gasteiger partial charge in [-0.2, -0.15) is 0 Å². The third-order valence-corrected chi connectivity index (χ3v) is 5.89. The van der Waals surface area contributed by atoms with Gasteiger partial charge in [-0.15, -0.1) is 0 Å². The fourth-order valence-corrected chi connectivity index (χ4v) is 4.39. The van der Waals surface area contributed by atoms with Crippen molar-refractivity contribution in [2.45, 2.75) is 12.6 Å². The number of halogens is 2. The van der Waals surface area contributed by atoms with E-state index in [4.69, 9.17) is 9.47 Å². The molecule has 1 atom stereocenters. The van der Waals surface area contributed by atoms with Crippen LogP contribution in [0, 0.1) is 11.6 Å². The highest BCUT2D eigenvalue weighted by molar-refractivity contribution is 7.22. The highest BCUT2D eigenvalue weighted by Crippen LogP contribution is 2.35. The molecule has 3 aromatic carbocycles. The molecule has 1 aliphatic heterocycles. The molecule has 1 aliphatic rings. The summed E-state index contributed by atoms with van der Waals surface area (Å²) in [6, 6.07) is 18.5. The summed E-state index contributed by atoms with van der Waals surface area (Å²) in [5.41, 5.74) is 0.886. The van der Waals surface area contributed by atoms with Crippen LogP contribution in [0.15, 0.2) is 66.7 Å². The minimum atomic E-state index is -0.896. The molecule has 8 heteroatoms. The zero-order valence-corrected chi connectivity index (χ0v) is 16.9. The van der Waals surface area contributed by atoms with Gasteiger partial charge in [-0.3, -0.25) is 9.69 Å². The summed E-state index contributed by atoms with van der Waals surface area (Å²) in [5, 5.41) is 0.260. The molecule has 0 spiro atoms. The van der Waals surface area contributed by atoms with Gasteiger partial charge in [0.1, 0.15) is 17.9 Å². The van der Waals surface area contributed by atoms with Crippen molar-refractivity contribution in [2.75, 3.05) is 11.5 Å². The highest BCUT2D eigenvalue weighted by atomic mass is 32.1. The second-order valence-electron chi connectivity index (χ2n) is 7.01. The molecule has 31 heavy (non-hydrogen) atoms. The predicted octanol–water partition coefficient (Wildman–Crippen LogP) is 4.95. The van der Waals surface area contributed by atoms with Gasteiger partial charge in [-0.25, -0.2) is 13.8 Å². The minimum absolute atomic E-state index is 0.0263. The number of thiazole rings is 1. The molecule has 4 aromatic rings. The second-order valence-corrected chi connectivity index (χ2v) is 8.01. The number of rotatable bonds is 4.